The zero-order valence-electron chi connectivity index (χ0n) is 10.7. The largest absolute Gasteiger partial charge is 0.351 e. The second-order valence-corrected chi connectivity index (χ2v) is 5.21. The summed E-state index contributed by atoms with van der Waals surface area (Å²) in [6, 6.07) is 12.0. The molecule has 1 heterocycles. The fraction of sp³-hybridized carbons (Fsp3) is 0. The molecule has 3 nitrogen and oxygen atoms in total. The lowest BCUT2D eigenvalue weighted by atomic mass is 10.2. The van der Waals surface area contributed by atoms with Crippen LogP contribution in [0.5, 0.6) is 0 Å². The zero-order valence-corrected chi connectivity index (χ0v) is 12.2. The Hall–Kier alpha value is -2.10. The third kappa shape index (κ3) is 2.84. The summed E-state index contributed by atoms with van der Waals surface area (Å²) in [5, 5.41) is 5.57. The van der Waals surface area contributed by atoms with Gasteiger partial charge in [0, 0.05) is 0 Å². The Balaban J connectivity index is 2.04. The number of rotatable bonds is 2. The molecule has 0 saturated carbocycles. The minimum atomic E-state index is -0.198. The predicted octanol–water partition coefficient (Wildman–Crippen LogP) is 4.67. The lowest BCUT2D eigenvalue weighted by Gasteiger charge is -1.96. The van der Waals surface area contributed by atoms with Crippen LogP contribution in [-0.4, -0.2) is 5.16 Å². The van der Waals surface area contributed by atoms with E-state index in [0.29, 0.717) is 21.1 Å². The van der Waals surface area contributed by atoms with E-state index in [-0.39, 0.29) is 11.0 Å². The van der Waals surface area contributed by atoms with E-state index in [1.807, 2.05) is 12.1 Å². The van der Waals surface area contributed by atoms with Gasteiger partial charge in [0.05, 0.1) is 15.4 Å². The van der Waals surface area contributed by atoms with Crippen molar-refractivity contribution >= 4 is 46.3 Å². The summed E-state index contributed by atoms with van der Waals surface area (Å²) in [6.07, 6.45) is 3.60. The van der Waals surface area contributed by atoms with E-state index in [2.05, 4.69) is 5.16 Å². The Morgan fingerprint density at radius 3 is 2.62 bits per heavy atom. The predicted molar refractivity (Wildman–Crippen MR) is 85.7 cm³/mol. The van der Waals surface area contributed by atoms with Crippen LogP contribution in [0.1, 0.15) is 11.3 Å². The molecule has 5 heteroatoms. The molecule has 0 spiro atoms. The molecule has 0 aliphatic rings. The molecule has 1 aromatic heterocycles. The van der Waals surface area contributed by atoms with Crippen LogP contribution in [0.3, 0.4) is 0 Å². The topological polar surface area (TPSA) is 43.1 Å². The molecule has 0 N–H and O–H groups in total. The molecule has 0 aliphatic heterocycles. The summed E-state index contributed by atoms with van der Waals surface area (Å²) in [5.41, 5.74) is 1.51. The van der Waals surface area contributed by atoms with Gasteiger partial charge < -0.3 is 4.52 Å². The van der Waals surface area contributed by atoms with E-state index in [9.17, 15) is 4.79 Å². The number of halogens is 2. The van der Waals surface area contributed by atoms with Crippen molar-refractivity contribution in [3.05, 3.63) is 74.0 Å². The van der Waals surface area contributed by atoms with Crippen LogP contribution in [-0.2, 0) is 0 Å². The maximum absolute atomic E-state index is 11.8. The molecule has 0 aliphatic carbocycles. The number of hydrogen-bond donors (Lipinski definition) is 0. The first-order valence-corrected chi connectivity index (χ1v) is 6.92. The fourth-order valence-electron chi connectivity index (χ4n) is 1.93. The van der Waals surface area contributed by atoms with Gasteiger partial charge in [-0.15, -0.1) is 0 Å². The number of benzene rings is 1. The van der Waals surface area contributed by atoms with Crippen molar-refractivity contribution in [1.29, 1.82) is 0 Å². The van der Waals surface area contributed by atoms with Gasteiger partial charge >= 0.3 is 0 Å². The SMILES string of the molecule is O=c1ccccc2c(/C=C/c3ccc(Cl)c(Cl)c3)noc12. The van der Waals surface area contributed by atoms with Gasteiger partial charge in [0.1, 0.15) is 5.69 Å². The number of hydrogen-bond acceptors (Lipinski definition) is 3. The highest BCUT2D eigenvalue weighted by atomic mass is 35.5. The van der Waals surface area contributed by atoms with Gasteiger partial charge in [-0.25, -0.2) is 0 Å². The number of aromatic nitrogens is 1. The van der Waals surface area contributed by atoms with Crippen LogP contribution in [0.25, 0.3) is 23.1 Å². The monoisotopic (exact) mass is 317 g/mol. The molecular formula is C16H9Cl2NO2. The summed E-state index contributed by atoms with van der Waals surface area (Å²) in [7, 11) is 0. The molecule has 0 fully saturated rings. The molecule has 2 aromatic carbocycles. The van der Waals surface area contributed by atoms with Gasteiger partial charge in [-0.05, 0) is 35.9 Å². The second kappa shape index (κ2) is 5.72. The standard InChI is InChI=1S/C16H9Cl2NO2/c17-12-7-5-10(9-13(12)18)6-8-14-11-3-1-2-4-15(20)16(11)21-19-14/h1-9H/b8-6+. The molecule has 0 radical (unpaired) electrons. The molecule has 0 atom stereocenters. The van der Waals surface area contributed by atoms with Gasteiger partial charge in [-0.2, -0.15) is 0 Å². The van der Waals surface area contributed by atoms with Crippen LogP contribution < -0.4 is 5.43 Å². The average molecular weight is 318 g/mol. The highest BCUT2D eigenvalue weighted by Crippen LogP contribution is 2.24. The van der Waals surface area contributed by atoms with E-state index in [1.165, 1.54) is 6.07 Å². The van der Waals surface area contributed by atoms with Crippen molar-refractivity contribution in [3.63, 3.8) is 0 Å². The maximum atomic E-state index is 11.8. The van der Waals surface area contributed by atoms with Crippen LogP contribution in [0.2, 0.25) is 10.0 Å². The molecule has 104 valence electrons. The van der Waals surface area contributed by atoms with E-state index >= 15 is 0 Å². The summed E-state index contributed by atoms with van der Waals surface area (Å²) in [4.78, 5) is 11.8. The second-order valence-electron chi connectivity index (χ2n) is 4.40. The van der Waals surface area contributed by atoms with Gasteiger partial charge in [0.25, 0.3) is 0 Å². The van der Waals surface area contributed by atoms with E-state index in [1.54, 1.807) is 36.4 Å². The van der Waals surface area contributed by atoms with E-state index in [4.69, 9.17) is 27.7 Å². The van der Waals surface area contributed by atoms with Crippen LogP contribution in [0, 0.1) is 0 Å². The van der Waals surface area contributed by atoms with Gasteiger partial charge in [-0.1, -0.05) is 52.6 Å². The smallest absolute Gasteiger partial charge is 0.224 e. The van der Waals surface area contributed by atoms with Crippen LogP contribution in [0.15, 0.2) is 51.8 Å². The van der Waals surface area contributed by atoms with Crippen molar-refractivity contribution in [3.8, 4) is 0 Å². The molecule has 0 saturated heterocycles. The van der Waals surface area contributed by atoms with E-state index in [0.717, 1.165) is 5.56 Å². The minimum Gasteiger partial charge on any atom is -0.351 e. The summed E-state index contributed by atoms with van der Waals surface area (Å²) < 4.78 is 5.11. The summed E-state index contributed by atoms with van der Waals surface area (Å²) in [5.74, 6) is 0. The third-order valence-corrected chi connectivity index (χ3v) is 3.72. The highest BCUT2D eigenvalue weighted by molar-refractivity contribution is 6.42. The van der Waals surface area contributed by atoms with Crippen LogP contribution in [0.4, 0.5) is 0 Å². The quantitative estimate of drug-likeness (QED) is 0.690. The zero-order chi connectivity index (χ0) is 14.8. The Morgan fingerprint density at radius 1 is 1.00 bits per heavy atom. The molecule has 0 amide bonds. The lowest BCUT2D eigenvalue weighted by Crippen LogP contribution is -1.91. The summed E-state index contributed by atoms with van der Waals surface area (Å²) in [6.45, 7) is 0. The van der Waals surface area contributed by atoms with Gasteiger partial charge in [-0.3, -0.25) is 4.79 Å². The minimum absolute atomic E-state index is 0.198. The average Bonchev–Trinajstić information content (AvgIpc) is 2.78. The molecule has 3 rings (SSSR count). The first kappa shape index (κ1) is 13.9. The molecule has 21 heavy (non-hydrogen) atoms. The molecule has 3 aromatic rings. The van der Waals surface area contributed by atoms with Crippen molar-refractivity contribution in [2.45, 2.75) is 0 Å². The van der Waals surface area contributed by atoms with Gasteiger partial charge in [0.2, 0.25) is 11.0 Å². The van der Waals surface area contributed by atoms with Gasteiger partial charge in [0.15, 0.2) is 0 Å². The number of fused-ring (bicyclic) bond motifs is 1. The first-order valence-electron chi connectivity index (χ1n) is 6.17. The highest BCUT2D eigenvalue weighted by Gasteiger charge is 2.06. The third-order valence-electron chi connectivity index (χ3n) is 2.98. The van der Waals surface area contributed by atoms with E-state index < -0.39 is 0 Å². The molecule has 0 unspecified atom stereocenters. The number of nitrogens with zero attached hydrogens (tertiary/aromatic N) is 1. The van der Waals surface area contributed by atoms with Crippen molar-refractivity contribution < 1.29 is 4.52 Å². The van der Waals surface area contributed by atoms with Crippen molar-refractivity contribution in [2.24, 2.45) is 0 Å². The maximum Gasteiger partial charge on any atom is 0.224 e. The van der Waals surface area contributed by atoms with Crippen molar-refractivity contribution in [1.82, 2.24) is 5.16 Å². The Morgan fingerprint density at radius 2 is 1.81 bits per heavy atom. The lowest BCUT2D eigenvalue weighted by molar-refractivity contribution is 0.453. The van der Waals surface area contributed by atoms with Crippen molar-refractivity contribution in [2.75, 3.05) is 0 Å². The summed E-state index contributed by atoms with van der Waals surface area (Å²) >= 11 is 11.8. The Bertz CT molecular complexity index is 900. The fourth-order valence-corrected chi connectivity index (χ4v) is 2.24. The Kier molecular flexibility index (Phi) is 3.78. The van der Waals surface area contributed by atoms with Crippen LogP contribution >= 0.6 is 23.2 Å². The normalized spacial score (nSPS) is 11.3. The first-order chi connectivity index (χ1) is 10.1. The molecule has 0 bridgehead atoms. The Labute approximate surface area is 130 Å². The molecular weight excluding hydrogens is 309 g/mol.